The first-order valence-electron chi connectivity index (χ1n) is 7.65. The number of nitrogens with one attached hydrogen (secondary N) is 1. The highest BCUT2D eigenvalue weighted by atomic mass is 35.5. The summed E-state index contributed by atoms with van der Waals surface area (Å²) in [4.78, 5) is 11.8. The molecular weight excluding hydrogens is 400 g/mol. The van der Waals surface area contributed by atoms with Gasteiger partial charge >= 0.3 is 0 Å². The second-order valence-corrected chi connectivity index (χ2v) is 8.22. The number of carbonyl (C=O) groups excluding carboxylic acids is 1. The van der Waals surface area contributed by atoms with Crippen molar-refractivity contribution in [3.8, 4) is 0 Å². The smallest absolute Gasteiger partial charge is 0.230 e. The normalized spacial score (nSPS) is 10.7. The van der Waals surface area contributed by atoms with Crippen molar-refractivity contribution in [2.75, 3.05) is 18.1 Å². The Morgan fingerprint density at radius 1 is 1.04 bits per heavy atom. The fourth-order valence-electron chi connectivity index (χ4n) is 2.02. The van der Waals surface area contributed by atoms with E-state index in [-0.39, 0.29) is 11.7 Å². The maximum atomic E-state index is 13.6. The van der Waals surface area contributed by atoms with Crippen LogP contribution in [-0.2, 0) is 16.3 Å². The van der Waals surface area contributed by atoms with Gasteiger partial charge in [0.2, 0.25) is 5.91 Å². The predicted octanol–water partition coefficient (Wildman–Crippen LogP) is 5.42. The van der Waals surface area contributed by atoms with Gasteiger partial charge in [0.15, 0.2) is 0 Å². The van der Waals surface area contributed by atoms with Crippen molar-refractivity contribution in [2.24, 2.45) is 0 Å². The number of carbonyl (C=O) groups is 1. The quantitative estimate of drug-likeness (QED) is 0.552. The Labute approximate surface area is 165 Å². The Morgan fingerprint density at radius 3 is 2.60 bits per heavy atom. The molecule has 0 unspecified atom stereocenters. The van der Waals surface area contributed by atoms with Crippen LogP contribution in [0, 0.1) is 5.82 Å². The van der Waals surface area contributed by atoms with Crippen LogP contribution in [0.3, 0.4) is 0 Å². The minimum atomic E-state index is -0.335. The van der Waals surface area contributed by atoms with Gasteiger partial charge in [-0.1, -0.05) is 41.4 Å². The van der Waals surface area contributed by atoms with Gasteiger partial charge in [-0.3, -0.25) is 4.79 Å². The maximum Gasteiger partial charge on any atom is 0.230 e. The van der Waals surface area contributed by atoms with Crippen molar-refractivity contribution in [3.05, 3.63) is 69.5 Å². The van der Waals surface area contributed by atoms with E-state index in [1.54, 1.807) is 23.9 Å². The van der Waals surface area contributed by atoms with Crippen LogP contribution < -0.4 is 5.32 Å². The summed E-state index contributed by atoms with van der Waals surface area (Å²) in [6.07, 6.45) is 0. The Kier molecular flexibility index (Phi) is 8.96. The molecule has 134 valence electrons. The third kappa shape index (κ3) is 7.90. The van der Waals surface area contributed by atoms with Crippen LogP contribution in [0.25, 0.3) is 0 Å². The number of thioether (sulfide) groups is 2. The molecule has 0 fully saturated rings. The molecule has 0 aliphatic rings. The average molecular weight is 418 g/mol. The van der Waals surface area contributed by atoms with Crippen molar-refractivity contribution in [1.82, 2.24) is 5.32 Å². The standard InChI is InChI=1S/C18H18Cl2FNOS2/c19-15-3-1-2-13(8-15)10-24-7-6-22-18(23)12-25-11-14-4-5-16(20)9-17(14)21/h1-5,8-9H,6-7,10-12H2,(H,22,23). The van der Waals surface area contributed by atoms with E-state index < -0.39 is 0 Å². The van der Waals surface area contributed by atoms with Gasteiger partial charge in [-0.25, -0.2) is 4.39 Å². The van der Waals surface area contributed by atoms with Gasteiger partial charge in [0.25, 0.3) is 0 Å². The van der Waals surface area contributed by atoms with Gasteiger partial charge in [-0.15, -0.1) is 11.8 Å². The number of amides is 1. The molecule has 1 amide bonds. The SMILES string of the molecule is O=C(CSCc1ccc(Cl)cc1F)NCCSCc1cccc(Cl)c1. The van der Waals surface area contributed by atoms with E-state index in [9.17, 15) is 9.18 Å². The van der Waals surface area contributed by atoms with Crippen LogP contribution in [0.5, 0.6) is 0 Å². The molecule has 2 nitrogen and oxygen atoms in total. The summed E-state index contributed by atoms with van der Waals surface area (Å²) in [5, 5.41) is 3.98. The fraction of sp³-hybridized carbons (Fsp3) is 0.278. The summed E-state index contributed by atoms with van der Waals surface area (Å²) in [5.41, 5.74) is 1.73. The first-order valence-corrected chi connectivity index (χ1v) is 10.7. The van der Waals surface area contributed by atoms with E-state index in [0.717, 1.165) is 16.5 Å². The minimum Gasteiger partial charge on any atom is -0.355 e. The van der Waals surface area contributed by atoms with Crippen molar-refractivity contribution in [2.45, 2.75) is 11.5 Å². The van der Waals surface area contributed by atoms with E-state index >= 15 is 0 Å². The Morgan fingerprint density at radius 2 is 1.84 bits per heavy atom. The number of hydrogen-bond donors (Lipinski definition) is 1. The Balaban J connectivity index is 1.56. The predicted molar refractivity (Wildman–Crippen MR) is 108 cm³/mol. The van der Waals surface area contributed by atoms with Crippen LogP contribution in [0.4, 0.5) is 4.39 Å². The zero-order valence-corrected chi connectivity index (χ0v) is 16.6. The van der Waals surface area contributed by atoms with Crippen LogP contribution in [-0.4, -0.2) is 24.0 Å². The van der Waals surface area contributed by atoms with Gasteiger partial charge in [0, 0.05) is 33.8 Å². The summed E-state index contributed by atoms with van der Waals surface area (Å²) in [5.74, 6) is 2.07. The molecule has 0 spiro atoms. The second-order valence-electron chi connectivity index (χ2n) is 5.26. The van der Waals surface area contributed by atoms with Crippen molar-refractivity contribution in [3.63, 3.8) is 0 Å². The highest BCUT2D eigenvalue weighted by molar-refractivity contribution is 7.99. The molecule has 0 aliphatic heterocycles. The van der Waals surface area contributed by atoms with Crippen molar-refractivity contribution >= 4 is 52.6 Å². The molecule has 0 radical (unpaired) electrons. The molecule has 0 saturated heterocycles. The molecule has 1 N–H and O–H groups in total. The highest BCUT2D eigenvalue weighted by Gasteiger charge is 2.06. The van der Waals surface area contributed by atoms with Gasteiger partial charge in [-0.05, 0) is 35.4 Å². The third-order valence-electron chi connectivity index (χ3n) is 3.23. The monoisotopic (exact) mass is 417 g/mol. The van der Waals surface area contributed by atoms with Crippen molar-refractivity contribution in [1.29, 1.82) is 0 Å². The lowest BCUT2D eigenvalue weighted by Crippen LogP contribution is -2.27. The zero-order chi connectivity index (χ0) is 18.1. The number of rotatable bonds is 9. The van der Waals surface area contributed by atoms with Gasteiger partial charge < -0.3 is 5.32 Å². The van der Waals surface area contributed by atoms with E-state index in [1.165, 1.54) is 23.4 Å². The molecule has 2 rings (SSSR count). The zero-order valence-electron chi connectivity index (χ0n) is 13.4. The average Bonchev–Trinajstić information content (AvgIpc) is 2.56. The summed E-state index contributed by atoms with van der Waals surface area (Å²) in [6.45, 7) is 0.611. The van der Waals surface area contributed by atoms with E-state index in [4.69, 9.17) is 23.2 Å². The fourth-order valence-corrected chi connectivity index (χ4v) is 4.04. The summed E-state index contributed by atoms with van der Waals surface area (Å²) >= 11 is 14.8. The molecule has 0 atom stereocenters. The number of hydrogen-bond acceptors (Lipinski definition) is 3. The molecule has 0 heterocycles. The molecular formula is C18H18Cl2FNOS2. The van der Waals surface area contributed by atoms with Gasteiger partial charge in [-0.2, -0.15) is 11.8 Å². The van der Waals surface area contributed by atoms with E-state index in [0.29, 0.717) is 28.6 Å². The first kappa shape index (κ1) is 20.4. The van der Waals surface area contributed by atoms with Crippen LogP contribution in [0.2, 0.25) is 10.0 Å². The summed E-state index contributed by atoms with van der Waals surface area (Å²) < 4.78 is 13.6. The Hall–Kier alpha value is -0.880. The Bertz CT molecular complexity index is 715. The molecule has 2 aromatic carbocycles. The lowest BCUT2D eigenvalue weighted by atomic mass is 10.2. The molecule has 0 saturated carbocycles. The lowest BCUT2D eigenvalue weighted by molar-refractivity contribution is -0.118. The van der Waals surface area contributed by atoms with Crippen LogP contribution in [0.15, 0.2) is 42.5 Å². The van der Waals surface area contributed by atoms with Crippen LogP contribution in [0.1, 0.15) is 11.1 Å². The number of benzene rings is 2. The third-order valence-corrected chi connectivity index (χ3v) is 5.71. The van der Waals surface area contributed by atoms with E-state index in [2.05, 4.69) is 5.32 Å². The first-order chi connectivity index (χ1) is 12.0. The molecule has 0 bridgehead atoms. The summed E-state index contributed by atoms with van der Waals surface area (Å²) in [6, 6.07) is 12.3. The maximum absolute atomic E-state index is 13.6. The lowest BCUT2D eigenvalue weighted by Gasteiger charge is -2.06. The highest BCUT2D eigenvalue weighted by Crippen LogP contribution is 2.19. The topological polar surface area (TPSA) is 29.1 Å². The molecule has 25 heavy (non-hydrogen) atoms. The van der Waals surface area contributed by atoms with Crippen molar-refractivity contribution < 1.29 is 9.18 Å². The molecule has 0 aromatic heterocycles. The molecule has 7 heteroatoms. The van der Waals surface area contributed by atoms with E-state index in [1.807, 2.05) is 24.3 Å². The second kappa shape index (κ2) is 11.0. The largest absolute Gasteiger partial charge is 0.355 e. The van der Waals surface area contributed by atoms with Crippen LogP contribution >= 0.6 is 46.7 Å². The number of halogens is 3. The summed E-state index contributed by atoms with van der Waals surface area (Å²) in [7, 11) is 0. The minimum absolute atomic E-state index is 0.0391. The van der Waals surface area contributed by atoms with Gasteiger partial charge in [0.05, 0.1) is 5.75 Å². The molecule has 2 aromatic rings. The molecule has 0 aliphatic carbocycles. The van der Waals surface area contributed by atoms with Gasteiger partial charge in [0.1, 0.15) is 5.82 Å².